The molecule has 0 spiro atoms. The Morgan fingerprint density at radius 1 is 1.43 bits per heavy atom. The molecule has 21 heavy (non-hydrogen) atoms. The Bertz CT molecular complexity index is 664. The molecule has 5 nitrogen and oxygen atoms in total. The monoisotopic (exact) mass is 307 g/mol. The van der Waals surface area contributed by atoms with Gasteiger partial charge in [0.25, 0.3) is 0 Å². The van der Waals surface area contributed by atoms with E-state index in [1.165, 1.54) is 10.4 Å². The van der Waals surface area contributed by atoms with E-state index >= 15 is 0 Å². The van der Waals surface area contributed by atoms with Crippen LogP contribution in [-0.4, -0.2) is 31.9 Å². The molecule has 6 heteroatoms. The van der Waals surface area contributed by atoms with Crippen molar-refractivity contribution in [2.24, 2.45) is 11.7 Å². The summed E-state index contributed by atoms with van der Waals surface area (Å²) in [5.74, 6) is 0.204. The van der Waals surface area contributed by atoms with Crippen molar-refractivity contribution in [3.05, 3.63) is 29.3 Å². The first kappa shape index (κ1) is 16.0. The van der Waals surface area contributed by atoms with Crippen molar-refractivity contribution in [3.8, 4) is 6.07 Å². The second-order valence-corrected chi connectivity index (χ2v) is 7.55. The van der Waals surface area contributed by atoms with Crippen molar-refractivity contribution < 1.29 is 8.42 Å². The van der Waals surface area contributed by atoms with Gasteiger partial charge in [0.15, 0.2) is 0 Å². The van der Waals surface area contributed by atoms with Gasteiger partial charge in [0.05, 0.1) is 16.5 Å². The summed E-state index contributed by atoms with van der Waals surface area (Å²) in [6, 6.07) is 6.74. The lowest BCUT2D eigenvalue weighted by molar-refractivity contribution is 0.211. The number of aryl methyl sites for hydroxylation is 1. The Hall–Kier alpha value is -1.42. The van der Waals surface area contributed by atoms with Gasteiger partial charge in [-0.05, 0) is 56.8 Å². The van der Waals surface area contributed by atoms with Crippen LogP contribution < -0.4 is 5.73 Å². The molecule has 0 amide bonds. The molecule has 1 fully saturated rings. The fourth-order valence-electron chi connectivity index (χ4n) is 2.75. The Labute approximate surface area is 126 Å². The highest BCUT2D eigenvalue weighted by molar-refractivity contribution is 7.89. The largest absolute Gasteiger partial charge is 0.330 e. The Morgan fingerprint density at radius 2 is 2.14 bits per heavy atom. The summed E-state index contributed by atoms with van der Waals surface area (Å²) in [6.45, 7) is 4.63. The zero-order valence-corrected chi connectivity index (χ0v) is 13.2. The second-order valence-electron chi connectivity index (χ2n) is 5.69. The Kier molecular flexibility index (Phi) is 4.67. The third kappa shape index (κ3) is 3.10. The predicted octanol–water partition coefficient (Wildman–Crippen LogP) is 1.61. The fraction of sp³-hybridized carbons (Fsp3) is 0.533. The smallest absolute Gasteiger partial charge is 0.243 e. The van der Waals surface area contributed by atoms with Crippen molar-refractivity contribution in [2.75, 3.05) is 13.1 Å². The molecule has 0 aliphatic carbocycles. The summed E-state index contributed by atoms with van der Waals surface area (Å²) < 4.78 is 27.4. The van der Waals surface area contributed by atoms with Crippen LogP contribution in [0.2, 0.25) is 0 Å². The van der Waals surface area contributed by atoms with Crippen molar-refractivity contribution >= 4 is 10.0 Å². The van der Waals surface area contributed by atoms with Gasteiger partial charge in [-0.3, -0.25) is 0 Å². The van der Waals surface area contributed by atoms with Gasteiger partial charge in [-0.2, -0.15) is 9.57 Å². The molecular formula is C15H21N3O2S. The number of nitrogens with zero attached hydrogens (tertiary/aromatic N) is 2. The second kappa shape index (κ2) is 6.14. The van der Waals surface area contributed by atoms with E-state index in [1.807, 2.05) is 13.0 Å². The van der Waals surface area contributed by atoms with E-state index in [2.05, 4.69) is 0 Å². The van der Waals surface area contributed by atoms with E-state index in [0.717, 1.165) is 12.8 Å². The number of nitrogens with two attached hydrogens (primary N) is 1. The number of nitriles is 1. The SMILES string of the molecule is Cc1ccc(C#N)cc1S(=O)(=O)N1CC(CN)CCC1C. The maximum atomic E-state index is 12.9. The summed E-state index contributed by atoms with van der Waals surface area (Å²) in [6.07, 6.45) is 1.78. The Morgan fingerprint density at radius 3 is 2.76 bits per heavy atom. The summed E-state index contributed by atoms with van der Waals surface area (Å²) in [5, 5.41) is 8.99. The molecule has 2 unspecified atom stereocenters. The van der Waals surface area contributed by atoms with Crippen LogP contribution in [0.1, 0.15) is 30.9 Å². The zero-order chi connectivity index (χ0) is 15.6. The average molecular weight is 307 g/mol. The molecule has 2 N–H and O–H groups in total. The quantitative estimate of drug-likeness (QED) is 0.919. The molecule has 1 aliphatic rings. The maximum Gasteiger partial charge on any atom is 0.243 e. The van der Waals surface area contributed by atoms with Crippen molar-refractivity contribution in [3.63, 3.8) is 0 Å². The number of rotatable bonds is 3. The highest BCUT2D eigenvalue weighted by Crippen LogP contribution is 2.29. The van der Waals surface area contributed by atoms with Crippen LogP contribution in [-0.2, 0) is 10.0 Å². The Balaban J connectivity index is 2.44. The minimum Gasteiger partial charge on any atom is -0.330 e. The van der Waals surface area contributed by atoms with Gasteiger partial charge in [0.1, 0.15) is 0 Å². The van der Waals surface area contributed by atoms with E-state index in [1.54, 1.807) is 19.1 Å². The summed E-state index contributed by atoms with van der Waals surface area (Å²) in [4.78, 5) is 0.228. The van der Waals surface area contributed by atoms with Gasteiger partial charge in [-0.15, -0.1) is 0 Å². The van der Waals surface area contributed by atoms with Crippen LogP contribution in [0.15, 0.2) is 23.1 Å². The highest BCUT2D eigenvalue weighted by atomic mass is 32.2. The number of sulfonamides is 1. The van der Waals surface area contributed by atoms with Gasteiger partial charge in [-0.25, -0.2) is 8.42 Å². The standard InChI is InChI=1S/C15H21N3O2S/c1-11-3-5-13(8-16)7-15(11)21(19,20)18-10-14(9-17)6-4-12(18)2/h3,5,7,12,14H,4,6,9-10,17H2,1-2H3. The molecule has 1 heterocycles. The van der Waals surface area contributed by atoms with Gasteiger partial charge in [0.2, 0.25) is 10.0 Å². The van der Waals surface area contributed by atoms with Gasteiger partial charge < -0.3 is 5.73 Å². The van der Waals surface area contributed by atoms with Crippen LogP contribution in [0.4, 0.5) is 0 Å². The summed E-state index contributed by atoms with van der Waals surface area (Å²) >= 11 is 0. The summed E-state index contributed by atoms with van der Waals surface area (Å²) in [5.41, 5.74) is 6.73. The van der Waals surface area contributed by atoms with E-state index in [9.17, 15) is 8.42 Å². The van der Waals surface area contributed by atoms with E-state index < -0.39 is 10.0 Å². The van der Waals surface area contributed by atoms with Crippen molar-refractivity contribution in [1.82, 2.24) is 4.31 Å². The fourth-order valence-corrected chi connectivity index (χ4v) is 4.74. The lowest BCUT2D eigenvalue weighted by Gasteiger charge is -2.36. The predicted molar refractivity (Wildman–Crippen MR) is 81.0 cm³/mol. The van der Waals surface area contributed by atoms with Crippen molar-refractivity contribution in [2.45, 2.75) is 37.6 Å². The lowest BCUT2D eigenvalue weighted by Crippen LogP contribution is -2.47. The van der Waals surface area contributed by atoms with Crippen LogP contribution in [0.3, 0.4) is 0 Å². The first-order valence-electron chi connectivity index (χ1n) is 7.12. The lowest BCUT2D eigenvalue weighted by atomic mass is 9.96. The molecule has 1 aromatic rings. The molecule has 1 aromatic carbocycles. The zero-order valence-electron chi connectivity index (χ0n) is 12.4. The first-order valence-corrected chi connectivity index (χ1v) is 8.56. The maximum absolute atomic E-state index is 12.9. The van der Waals surface area contributed by atoms with E-state index in [4.69, 9.17) is 11.0 Å². The number of benzene rings is 1. The van der Waals surface area contributed by atoms with Crippen LogP contribution >= 0.6 is 0 Å². The minimum atomic E-state index is -3.59. The molecule has 114 valence electrons. The van der Waals surface area contributed by atoms with Crippen LogP contribution in [0, 0.1) is 24.2 Å². The van der Waals surface area contributed by atoms with E-state index in [0.29, 0.717) is 24.2 Å². The molecule has 0 saturated carbocycles. The molecule has 0 bridgehead atoms. The highest BCUT2D eigenvalue weighted by Gasteiger charge is 2.35. The molecular weight excluding hydrogens is 286 g/mol. The van der Waals surface area contributed by atoms with Gasteiger partial charge >= 0.3 is 0 Å². The minimum absolute atomic E-state index is 0.0389. The average Bonchev–Trinajstić information content (AvgIpc) is 2.48. The summed E-state index contributed by atoms with van der Waals surface area (Å²) in [7, 11) is -3.59. The molecule has 2 rings (SSSR count). The molecule has 0 radical (unpaired) electrons. The third-order valence-corrected chi connectivity index (χ3v) is 6.28. The van der Waals surface area contributed by atoms with Crippen LogP contribution in [0.5, 0.6) is 0 Å². The van der Waals surface area contributed by atoms with Crippen LogP contribution in [0.25, 0.3) is 0 Å². The number of piperidine rings is 1. The molecule has 2 atom stereocenters. The molecule has 1 aliphatic heterocycles. The molecule has 1 saturated heterocycles. The topological polar surface area (TPSA) is 87.2 Å². The third-order valence-electron chi connectivity index (χ3n) is 4.16. The number of hydrogen-bond donors (Lipinski definition) is 1. The normalized spacial score (nSPS) is 23.7. The van der Waals surface area contributed by atoms with Gasteiger partial charge in [0, 0.05) is 12.6 Å². The van der Waals surface area contributed by atoms with E-state index in [-0.39, 0.29) is 16.9 Å². The van der Waals surface area contributed by atoms with Gasteiger partial charge in [-0.1, -0.05) is 6.07 Å². The van der Waals surface area contributed by atoms with Crippen molar-refractivity contribution in [1.29, 1.82) is 5.26 Å². The number of hydrogen-bond acceptors (Lipinski definition) is 4. The first-order chi connectivity index (χ1) is 9.90. The molecule has 0 aromatic heterocycles.